The summed E-state index contributed by atoms with van der Waals surface area (Å²) >= 11 is 5.62. The van der Waals surface area contributed by atoms with Crippen molar-refractivity contribution in [2.75, 3.05) is 0 Å². The molecule has 1 aromatic carbocycles. The summed E-state index contributed by atoms with van der Waals surface area (Å²) in [5.41, 5.74) is 0.333. The molecule has 0 heterocycles. The predicted octanol–water partition coefficient (Wildman–Crippen LogP) is 1.36. The van der Waals surface area contributed by atoms with E-state index in [1.54, 1.807) is 0 Å². The smallest absolute Gasteiger partial charge is 0.332 e. The van der Waals surface area contributed by atoms with Crippen molar-refractivity contribution in [2.24, 2.45) is 0 Å². The van der Waals surface area contributed by atoms with Crippen molar-refractivity contribution < 1.29 is 19.8 Å². The van der Waals surface area contributed by atoms with E-state index in [4.69, 9.17) is 21.8 Å². The van der Waals surface area contributed by atoms with Crippen molar-refractivity contribution in [3.63, 3.8) is 0 Å². The first-order chi connectivity index (χ1) is 7.00. The lowest BCUT2D eigenvalue weighted by Crippen LogP contribution is -2.23. The summed E-state index contributed by atoms with van der Waals surface area (Å²) in [6.45, 7) is 0. The number of carbonyl (C=O) groups is 2. The van der Waals surface area contributed by atoms with Gasteiger partial charge in [-0.1, -0.05) is 11.6 Å². The van der Waals surface area contributed by atoms with Crippen molar-refractivity contribution in [3.05, 3.63) is 34.9 Å². The zero-order chi connectivity index (χ0) is 11.4. The third-order valence-electron chi connectivity index (χ3n) is 1.83. The maximum absolute atomic E-state index is 11.4. The van der Waals surface area contributed by atoms with Crippen LogP contribution in [0.4, 0.5) is 0 Å². The van der Waals surface area contributed by atoms with Crippen LogP contribution in [-0.2, 0) is 4.79 Å². The Morgan fingerprint density at radius 2 is 1.80 bits per heavy atom. The third-order valence-corrected chi connectivity index (χ3v) is 2.08. The van der Waals surface area contributed by atoms with Crippen molar-refractivity contribution in [2.45, 2.75) is 12.5 Å². The van der Waals surface area contributed by atoms with Crippen LogP contribution in [0.25, 0.3) is 0 Å². The van der Waals surface area contributed by atoms with Gasteiger partial charge < -0.3 is 10.2 Å². The summed E-state index contributed by atoms with van der Waals surface area (Å²) in [7, 11) is 0. The molecule has 15 heavy (non-hydrogen) atoms. The molecule has 0 unspecified atom stereocenters. The highest BCUT2D eigenvalue weighted by Crippen LogP contribution is 2.11. The zero-order valence-corrected chi connectivity index (χ0v) is 8.44. The van der Waals surface area contributed by atoms with Crippen LogP contribution in [0.2, 0.25) is 5.02 Å². The van der Waals surface area contributed by atoms with Crippen LogP contribution >= 0.6 is 11.6 Å². The number of aliphatic hydroxyl groups is 1. The quantitative estimate of drug-likeness (QED) is 0.763. The lowest BCUT2D eigenvalue weighted by atomic mass is 10.1. The van der Waals surface area contributed by atoms with Gasteiger partial charge in [0, 0.05) is 17.0 Å². The lowest BCUT2D eigenvalue weighted by Gasteiger charge is -2.04. The number of carboxylic acid groups (broad SMARTS) is 1. The van der Waals surface area contributed by atoms with E-state index in [9.17, 15) is 9.59 Å². The summed E-state index contributed by atoms with van der Waals surface area (Å²) in [5, 5.41) is 17.9. The molecule has 1 atom stereocenters. The molecule has 0 radical (unpaired) electrons. The Labute approximate surface area is 91.1 Å². The number of carboxylic acids is 1. The van der Waals surface area contributed by atoms with E-state index < -0.39 is 24.3 Å². The number of halogens is 1. The largest absolute Gasteiger partial charge is 0.479 e. The Bertz CT molecular complexity index is 372. The Kier molecular flexibility index (Phi) is 3.82. The van der Waals surface area contributed by atoms with Gasteiger partial charge in [0.15, 0.2) is 11.9 Å². The monoisotopic (exact) mass is 228 g/mol. The van der Waals surface area contributed by atoms with E-state index in [1.165, 1.54) is 24.3 Å². The van der Waals surface area contributed by atoms with E-state index >= 15 is 0 Å². The average Bonchev–Trinajstić information content (AvgIpc) is 2.18. The van der Waals surface area contributed by atoms with Gasteiger partial charge in [-0.3, -0.25) is 4.79 Å². The second kappa shape index (κ2) is 4.91. The third kappa shape index (κ3) is 3.34. The molecular weight excluding hydrogens is 220 g/mol. The molecule has 0 aliphatic heterocycles. The first kappa shape index (κ1) is 11.7. The van der Waals surface area contributed by atoms with Crippen molar-refractivity contribution in [1.29, 1.82) is 0 Å². The molecule has 0 aliphatic rings. The molecule has 5 heteroatoms. The number of rotatable bonds is 4. The predicted molar refractivity (Wildman–Crippen MR) is 54.0 cm³/mol. The number of aliphatic carboxylic acids is 1. The molecule has 0 amide bonds. The van der Waals surface area contributed by atoms with Gasteiger partial charge in [0.05, 0.1) is 0 Å². The molecule has 0 spiro atoms. The minimum Gasteiger partial charge on any atom is -0.479 e. The normalized spacial score (nSPS) is 12.1. The van der Waals surface area contributed by atoms with Gasteiger partial charge >= 0.3 is 5.97 Å². The number of benzene rings is 1. The number of hydrogen-bond donors (Lipinski definition) is 2. The molecule has 80 valence electrons. The van der Waals surface area contributed by atoms with E-state index in [2.05, 4.69) is 0 Å². The van der Waals surface area contributed by atoms with Crippen LogP contribution in [0.5, 0.6) is 0 Å². The summed E-state index contributed by atoms with van der Waals surface area (Å²) < 4.78 is 0. The molecule has 0 fully saturated rings. The molecule has 0 saturated carbocycles. The SMILES string of the molecule is O=C(C[C@H](O)C(=O)O)c1ccc(Cl)cc1. The first-order valence-electron chi connectivity index (χ1n) is 4.20. The molecular formula is C10H9ClO4. The number of hydrogen-bond acceptors (Lipinski definition) is 3. The second-order valence-electron chi connectivity index (χ2n) is 2.99. The maximum atomic E-state index is 11.4. The van der Waals surface area contributed by atoms with Gasteiger partial charge in [-0.05, 0) is 24.3 Å². The van der Waals surface area contributed by atoms with Crippen LogP contribution in [0, 0.1) is 0 Å². The summed E-state index contributed by atoms with van der Waals surface area (Å²) in [6, 6.07) is 6.03. The van der Waals surface area contributed by atoms with Crippen molar-refractivity contribution in [3.8, 4) is 0 Å². The number of carbonyl (C=O) groups excluding carboxylic acids is 1. The molecule has 0 bridgehead atoms. The summed E-state index contributed by atoms with van der Waals surface area (Å²) in [5.74, 6) is -1.83. The zero-order valence-electron chi connectivity index (χ0n) is 7.68. The fourth-order valence-electron chi connectivity index (χ4n) is 1.02. The molecule has 4 nitrogen and oxygen atoms in total. The Morgan fingerprint density at radius 1 is 1.27 bits per heavy atom. The van der Waals surface area contributed by atoms with Gasteiger partial charge in [-0.2, -0.15) is 0 Å². The van der Waals surface area contributed by atoms with Crippen LogP contribution in [0.3, 0.4) is 0 Å². The molecule has 0 saturated heterocycles. The number of Topliss-reactive ketones (excluding diaryl/α,β-unsaturated/α-hetero) is 1. The molecule has 2 N–H and O–H groups in total. The fourth-order valence-corrected chi connectivity index (χ4v) is 1.14. The summed E-state index contributed by atoms with van der Waals surface area (Å²) in [6.07, 6.45) is -2.09. The van der Waals surface area contributed by atoms with E-state index in [0.29, 0.717) is 10.6 Å². The van der Waals surface area contributed by atoms with Gasteiger partial charge in [0.25, 0.3) is 0 Å². The average molecular weight is 229 g/mol. The van der Waals surface area contributed by atoms with Crippen molar-refractivity contribution in [1.82, 2.24) is 0 Å². The fraction of sp³-hybridized carbons (Fsp3) is 0.200. The Hall–Kier alpha value is -1.39. The first-order valence-corrected chi connectivity index (χ1v) is 4.58. The molecule has 0 aromatic heterocycles. The molecule has 1 aromatic rings. The van der Waals surface area contributed by atoms with Gasteiger partial charge in [0.1, 0.15) is 0 Å². The Balaban J connectivity index is 2.69. The maximum Gasteiger partial charge on any atom is 0.332 e. The minimum atomic E-state index is -1.66. The highest BCUT2D eigenvalue weighted by molar-refractivity contribution is 6.30. The summed E-state index contributed by atoms with van der Waals surface area (Å²) in [4.78, 5) is 21.7. The van der Waals surface area contributed by atoms with E-state index in [1.807, 2.05) is 0 Å². The van der Waals surface area contributed by atoms with Crippen LogP contribution in [-0.4, -0.2) is 28.1 Å². The second-order valence-corrected chi connectivity index (χ2v) is 3.42. The highest BCUT2D eigenvalue weighted by Gasteiger charge is 2.18. The standard InChI is InChI=1S/C10H9ClO4/c11-7-3-1-6(2-4-7)8(12)5-9(13)10(14)15/h1-4,9,13H,5H2,(H,14,15)/t9-/m0/s1. The Morgan fingerprint density at radius 3 is 2.27 bits per heavy atom. The van der Waals surface area contributed by atoms with Crippen LogP contribution in [0.15, 0.2) is 24.3 Å². The number of ketones is 1. The molecule has 0 aliphatic carbocycles. The van der Waals surface area contributed by atoms with Crippen LogP contribution in [0.1, 0.15) is 16.8 Å². The van der Waals surface area contributed by atoms with Gasteiger partial charge in [0.2, 0.25) is 0 Å². The van der Waals surface area contributed by atoms with E-state index in [-0.39, 0.29) is 0 Å². The van der Waals surface area contributed by atoms with Gasteiger partial charge in [-0.25, -0.2) is 4.79 Å². The van der Waals surface area contributed by atoms with Crippen molar-refractivity contribution >= 4 is 23.4 Å². The van der Waals surface area contributed by atoms with E-state index in [0.717, 1.165) is 0 Å². The van der Waals surface area contributed by atoms with Gasteiger partial charge in [-0.15, -0.1) is 0 Å². The lowest BCUT2D eigenvalue weighted by molar-refractivity contribution is -0.146. The number of aliphatic hydroxyl groups excluding tert-OH is 1. The minimum absolute atomic E-state index is 0.333. The topological polar surface area (TPSA) is 74.6 Å². The highest BCUT2D eigenvalue weighted by atomic mass is 35.5. The van der Waals surface area contributed by atoms with Crippen LogP contribution < -0.4 is 0 Å². The molecule has 1 rings (SSSR count).